The van der Waals surface area contributed by atoms with Gasteiger partial charge in [-0.1, -0.05) is 31.2 Å². The lowest BCUT2D eigenvalue weighted by Gasteiger charge is -2.27. The first kappa shape index (κ1) is 14.1. The SMILES string of the molecule is CCC1CN(Cc2cccc(C)n2)c2ccccc2CN1. The smallest absolute Gasteiger partial charge is 0.0602 e. The van der Waals surface area contributed by atoms with E-state index in [0.29, 0.717) is 6.04 Å². The summed E-state index contributed by atoms with van der Waals surface area (Å²) in [6, 6.07) is 15.5. The van der Waals surface area contributed by atoms with Gasteiger partial charge in [0.15, 0.2) is 0 Å². The molecular formula is C18H23N3. The average molecular weight is 281 g/mol. The fourth-order valence-electron chi connectivity index (χ4n) is 2.96. The Morgan fingerprint density at radius 3 is 2.86 bits per heavy atom. The molecule has 0 fully saturated rings. The van der Waals surface area contributed by atoms with Crippen molar-refractivity contribution in [2.45, 2.75) is 39.4 Å². The molecule has 3 rings (SSSR count). The van der Waals surface area contributed by atoms with Crippen LogP contribution in [0, 0.1) is 6.92 Å². The summed E-state index contributed by atoms with van der Waals surface area (Å²) in [5.41, 5.74) is 4.94. The monoisotopic (exact) mass is 281 g/mol. The third kappa shape index (κ3) is 3.24. The van der Waals surface area contributed by atoms with Gasteiger partial charge in [0.1, 0.15) is 0 Å². The first-order valence-corrected chi connectivity index (χ1v) is 7.75. The number of aromatic nitrogens is 1. The van der Waals surface area contributed by atoms with Crippen LogP contribution in [0.2, 0.25) is 0 Å². The van der Waals surface area contributed by atoms with Gasteiger partial charge in [-0.05, 0) is 37.1 Å². The second-order valence-corrected chi connectivity index (χ2v) is 5.77. The van der Waals surface area contributed by atoms with Crippen LogP contribution < -0.4 is 10.2 Å². The zero-order chi connectivity index (χ0) is 14.7. The van der Waals surface area contributed by atoms with E-state index in [9.17, 15) is 0 Å². The molecule has 3 nitrogen and oxygen atoms in total. The van der Waals surface area contributed by atoms with E-state index in [1.165, 1.54) is 11.3 Å². The minimum atomic E-state index is 0.530. The molecule has 2 aromatic rings. The highest BCUT2D eigenvalue weighted by Gasteiger charge is 2.20. The minimum absolute atomic E-state index is 0.530. The van der Waals surface area contributed by atoms with E-state index in [0.717, 1.165) is 37.4 Å². The third-order valence-corrected chi connectivity index (χ3v) is 4.15. The van der Waals surface area contributed by atoms with Crippen molar-refractivity contribution in [3.63, 3.8) is 0 Å². The summed E-state index contributed by atoms with van der Waals surface area (Å²) in [6.07, 6.45) is 1.14. The number of hydrogen-bond donors (Lipinski definition) is 1. The summed E-state index contributed by atoms with van der Waals surface area (Å²) < 4.78 is 0. The van der Waals surface area contributed by atoms with E-state index in [4.69, 9.17) is 0 Å². The van der Waals surface area contributed by atoms with Gasteiger partial charge < -0.3 is 10.2 Å². The number of rotatable bonds is 3. The highest BCUT2D eigenvalue weighted by molar-refractivity contribution is 5.54. The quantitative estimate of drug-likeness (QED) is 0.936. The zero-order valence-corrected chi connectivity index (χ0v) is 12.8. The molecule has 3 heteroatoms. The molecule has 0 amide bonds. The van der Waals surface area contributed by atoms with Gasteiger partial charge in [-0.25, -0.2) is 0 Å². The van der Waals surface area contributed by atoms with Crippen LogP contribution >= 0.6 is 0 Å². The number of nitrogens with one attached hydrogen (secondary N) is 1. The lowest BCUT2D eigenvalue weighted by Crippen LogP contribution is -2.37. The largest absolute Gasteiger partial charge is 0.364 e. The van der Waals surface area contributed by atoms with Crippen LogP contribution in [-0.2, 0) is 13.1 Å². The molecule has 1 aliphatic heterocycles. The predicted octanol–water partition coefficient (Wildman–Crippen LogP) is 3.28. The first-order chi connectivity index (χ1) is 10.3. The summed E-state index contributed by atoms with van der Waals surface area (Å²) >= 11 is 0. The molecule has 1 aliphatic rings. The Kier molecular flexibility index (Phi) is 4.20. The Bertz CT molecular complexity index is 609. The van der Waals surface area contributed by atoms with Crippen molar-refractivity contribution in [3.05, 3.63) is 59.4 Å². The number of para-hydroxylation sites is 1. The molecule has 0 radical (unpaired) electrons. The average Bonchev–Trinajstić information content (AvgIpc) is 2.67. The predicted molar refractivity (Wildman–Crippen MR) is 87.4 cm³/mol. The van der Waals surface area contributed by atoms with Crippen LogP contribution in [0.1, 0.15) is 30.3 Å². The first-order valence-electron chi connectivity index (χ1n) is 7.75. The molecular weight excluding hydrogens is 258 g/mol. The molecule has 2 heterocycles. The standard InChI is InChI=1S/C18H23N3/c1-3-16-12-21(13-17-9-6-7-14(2)20-17)18-10-5-4-8-15(18)11-19-16/h4-10,16,19H,3,11-13H2,1-2H3. The number of aryl methyl sites for hydroxylation is 1. The normalized spacial score (nSPS) is 18.2. The van der Waals surface area contributed by atoms with Gasteiger partial charge in [-0.2, -0.15) is 0 Å². The zero-order valence-electron chi connectivity index (χ0n) is 12.8. The van der Waals surface area contributed by atoms with E-state index < -0.39 is 0 Å². The maximum absolute atomic E-state index is 4.66. The fraction of sp³-hybridized carbons (Fsp3) is 0.389. The lowest BCUT2D eigenvalue weighted by atomic mass is 10.1. The van der Waals surface area contributed by atoms with E-state index >= 15 is 0 Å². The molecule has 0 aliphatic carbocycles. The summed E-state index contributed by atoms with van der Waals surface area (Å²) in [6.45, 7) is 7.15. The van der Waals surface area contributed by atoms with Crippen molar-refractivity contribution in [2.75, 3.05) is 11.4 Å². The summed E-state index contributed by atoms with van der Waals surface area (Å²) in [7, 11) is 0. The summed E-state index contributed by atoms with van der Waals surface area (Å²) in [4.78, 5) is 7.12. The number of pyridine rings is 1. The Labute approximate surface area is 127 Å². The summed E-state index contributed by atoms with van der Waals surface area (Å²) in [5, 5.41) is 3.65. The Balaban J connectivity index is 1.90. The van der Waals surface area contributed by atoms with Gasteiger partial charge >= 0.3 is 0 Å². The van der Waals surface area contributed by atoms with Gasteiger partial charge in [0.05, 0.1) is 12.2 Å². The Morgan fingerprint density at radius 2 is 2.05 bits per heavy atom. The van der Waals surface area contributed by atoms with Crippen LogP contribution in [0.25, 0.3) is 0 Å². The maximum Gasteiger partial charge on any atom is 0.0602 e. The second kappa shape index (κ2) is 6.27. The van der Waals surface area contributed by atoms with E-state index in [1.807, 2.05) is 0 Å². The lowest BCUT2D eigenvalue weighted by molar-refractivity contribution is 0.501. The van der Waals surface area contributed by atoms with Crippen LogP contribution in [0.3, 0.4) is 0 Å². The number of benzene rings is 1. The van der Waals surface area contributed by atoms with Gasteiger partial charge in [0, 0.05) is 30.5 Å². The van der Waals surface area contributed by atoms with Crippen LogP contribution in [0.15, 0.2) is 42.5 Å². The number of anilines is 1. The van der Waals surface area contributed by atoms with Crippen molar-refractivity contribution in [3.8, 4) is 0 Å². The number of fused-ring (bicyclic) bond motifs is 1. The molecule has 21 heavy (non-hydrogen) atoms. The molecule has 0 bridgehead atoms. The Morgan fingerprint density at radius 1 is 1.19 bits per heavy atom. The second-order valence-electron chi connectivity index (χ2n) is 5.77. The fourth-order valence-corrected chi connectivity index (χ4v) is 2.96. The highest BCUT2D eigenvalue weighted by atomic mass is 15.2. The molecule has 0 saturated carbocycles. The Hall–Kier alpha value is -1.87. The van der Waals surface area contributed by atoms with Crippen LogP contribution in [-0.4, -0.2) is 17.6 Å². The highest BCUT2D eigenvalue weighted by Crippen LogP contribution is 2.25. The third-order valence-electron chi connectivity index (χ3n) is 4.15. The molecule has 1 aromatic heterocycles. The van der Waals surface area contributed by atoms with Gasteiger partial charge in [-0.15, -0.1) is 0 Å². The van der Waals surface area contributed by atoms with E-state index in [-0.39, 0.29) is 0 Å². The molecule has 1 N–H and O–H groups in total. The van der Waals surface area contributed by atoms with Gasteiger partial charge in [0.2, 0.25) is 0 Å². The van der Waals surface area contributed by atoms with Gasteiger partial charge in [0.25, 0.3) is 0 Å². The molecule has 1 unspecified atom stereocenters. The van der Waals surface area contributed by atoms with Crippen molar-refractivity contribution in [1.29, 1.82) is 0 Å². The minimum Gasteiger partial charge on any atom is -0.364 e. The molecule has 0 spiro atoms. The van der Waals surface area contributed by atoms with E-state index in [1.54, 1.807) is 0 Å². The molecule has 1 aromatic carbocycles. The van der Waals surface area contributed by atoms with Crippen molar-refractivity contribution >= 4 is 5.69 Å². The number of hydrogen-bond acceptors (Lipinski definition) is 3. The van der Waals surface area contributed by atoms with Crippen molar-refractivity contribution < 1.29 is 0 Å². The van der Waals surface area contributed by atoms with Crippen LogP contribution in [0.4, 0.5) is 5.69 Å². The number of nitrogens with zero attached hydrogens (tertiary/aromatic N) is 2. The van der Waals surface area contributed by atoms with Gasteiger partial charge in [-0.3, -0.25) is 4.98 Å². The molecule has 1 atom stereocenters. The van der Waals surface area contributed by atoms with Crippen molar-refractivity contribution in [2.24, 2.45) is 0 Å². The maximum atomic E-state index is 4.66. The topological polar surface area (TPSA) is 28.2 Å². The van der Waals surface area contributed by atoms with Crippen LogP contribution in [0.5, 0.6) is 0 Å². The molecule has 110 valence electrons. The van der Waals surface area contributed by atoms with E-state index in [2.05, 4.69) is 71.5 Å². The molecule has 0 saturated heterocycles. The summed E-state index contributed by atoms with van der Waals surface area (Å²) in [5.74, 6) is 0. The van der Waals surface area contributed by atoms with Crippen molar-refractivity contribution in [1.82, 2.24) is 10.3 Å².